The average molecular weight is 324 g/mol. The van der Waals surface area contributed by atoms with E-state index < -0.39 is 6.10 Å². The number of hydrogen-bond donors (Lipinski definition) is 2. The number of hydrogen-bond acceptors (Lipinski definition) is 3. The maximum absolute atomic E-state index is 12.2. The van der Waals surface area contributed by atoms with Gasteiger partial charge in [0.15, 0.2) is 6.10 Å². The number of anilines is 1. The topological polar surface area (TPSA) is 67.4 Å². The summed E-state index contributed by atoms with van der Waals surface area (Å²) in [5.74, 6) is 0.457. The Kier molecular flexibility index (Phi) is 4.51. The Labute approximate surface area is 141 Å². The van der Waals surface area contributed by atoms with Gasteiger partial charge in [0, 0.05) is 12.1 Å². The van der Waals surface area contributed by atoms with Crippen LogP contribution in [0.3, 0.4) is 0 Å². The van der Waals surface area contributed by atoms with E-state index in [1.54, 1.807) is 6.92 Å². The first kappa shape index (κ1) is 16.1. The third-order valence-corrected chi connectivity index (χ3v) is 4.06. The van der Waals surface area contributed by atoms with Crippen molar-refractivity contribution in [2.75, 3.05) is 11.9 Å². The van der Waals surface area contributed by atoms with Gasteiger partial charge in [-0.25, -0.2) is 0 Å². The van der Waals surface area contributed by atoms with Crippen molar-refractivity contribution in [3.05, 3.63) is 59.2 Å². The lowest BCUT2D eigenvalue weighted by atomic mass is 10.1. The van der Waals surface area contributed by atoms with Crippen molar-refractivity contribution in [2.45, 2.75) is 26.4 Å². The molecule has 1 heterocycles. The van der Waals surface area contributed by atoms with Gasteiger partial charge in [-0.1, -0.05) is 24.3 Å². The minimum atomic E-state index is -0.475. The molecule has 1 unspecified atom stereocenters. The number of benzene rings is 2. The third-order valence-electron chi connectivity index (χ3n) is 4.06. The largest absolute Gasteiger partial charge is 0.479 e. The SMILES string of the molecule is Cc1ccccc1C(=O)NCCc1ccc2c(c1)NC(=O)C(C)O2. The molecule has 2 amide bonds. The Morgan fingerprint density at radius 3 is 2.83 bits per heavy atom. The molecule has 1 aliphatic rings. The van der Waals surface area contributed by atoms with Crippen LogP contribution in [-0.4, -0.2) is 24.5 Å². The molecule has 5 heteroatoms. The second kappa shape index (κ2) is 6.74. The second-order valence-electron chi connectivity index (χ2n) is 5.90. The van der Waals surface area contributed by atoms with Crippen LogP contribution in [0.4, 0.5) is 5.69 Å². The van der Waals surface area contributed by atoms with E-state index in [-0.39, 0.29) is 11.8 Å². The standard InChI is InChI=1S/C19H20N2O3/c1-12-5-3-4-6-15(12)19(23)20-10-9-14-7-8-17-16(11-14)21-18(22)13(2)24-17/h3-8,11,13H,9-10H2,1-2H3,(H,20,23)(H,21,22). The van der Waals surface area contributed by atoms with E-state index in [9.17, 15) is 9.59 Å². The van der Waals surface area contributed by atoms with Gasteiger partial charge in [-0.05, 0) is 49.6 Å². The summed E-state index contributed by atoms with van der Waals surface area (Å²) in [5.41, 5.74) is 3.36. The Bertz CT molecular complexity index is 786. The van der Waals surface area contributed by atoms with Crippen LogP contribution in [0.5, 0.6) is 5.75 Å². The summed E-state index contributed by atoms with van der Waals surface area (Å²) in [4.78, 5) is 23.8. The lowest BCUT2D eigenvalue weighted by Gasteiger charge is -2.23. The van der Waals surface area contributed by atoms with Gasteiger partial charge in [0.05, 0.1) is 5.69 Å². The predicted octanol–water partition coefficient (Wildman–Crippen LogP) is 2.69. The van der Waals surface area contributed by atoms with E-state index in [4.69, 9.17) is 4.74 Å². The zero-order valence-electron chi connectivity index (χ0n) is 13.8. The third kappa shape index (κ3) is 3.40. The fourth-order valence-corrected chi connectivity index (χ4v) is 2.65. The molecule has 0 aromatic heterocycles. The Balaban J connectivity index is 1.60. The van der Waals surface area contributed by atoms with E-state index in [2.05, 4.69) is 10.6 Å². The van der Waals surface area contributed by atoms with Crippen molar-refractivity contribution in [1.82, 2.24) is 5.32 Å². The van der Waals surface area contributed by atoms with Gasteiger partial charge < -0.3 is 15.4 Å². The number of amides is 2. The Morgan fingerprint density at radius 2 is 2.04 bits per heavy atom. The zero-order chi connectivity index (χ0) is 17.1. The van der Waals surface area contributed by atoms with Crippen LogP contribution in [0.2, 0.25) is 0 Å². The lowest BCUT2D eigenvalue weighted by molar-refractivity contribution is -0.122. The number of fused-ring (bicyclic) bond motifs is 1. The van der Waals surface area contributed by atoms with Gasteiger partial charge in [0.1, 0.15) is 5.75 Å². The van der Waals surface area contributed by atoms with Crippen LogP contribution in [0, 0.1) is 6.92 Å². The minimum absolute atomic E-state index is 0.0727. The molecule has 2 aromatic rings. The summed E-state index contributed by atoms with van der Waals surface area (Å²) in [6.07, 6.45) is 0.202. The smallest absolute Gasteiger partial charge is 0.265 e. The van der Waals surface area contributed by atoms with E-state index in [0.29, 0.717) is 30.0 Å². The summed E-state index contributed by atoms with van der Waals surface area (Å²) in [6.45, 7) is 4.16. The molecule has 0 aliphatic carbocycles. The average Bonchev–Trinajstić information content (AvgIpc) is 2.56. The van der Waals surface area contributed by atoms with Crippen molar-refractivity contribution in [1.29, 1.82) is 0 Å². The molecule has 24 heavy (non-hydrogen) atoms. The summed E-state index contributed by atoms with van der Waals surface area (Å²) >= 11 is 0. The molecule has 0 fully saturated rings. The number of carbonyl (C=O) groups is 2. The lowest BCUT2D eigenvalue weighted by Crippen LogP contribution is -2.34. The van der Waals surface area contributed by atoms with Gasteiger partial charge in [0.2, 0.25) is 0 Å². The number of aryl methyl sites for hydroxylation is 1. The number of nitrogens with one attached hydrogen (secondary N) is 2. The van der Waals surface area contributed by atoms with Crippen LogP contribution >= 0.6 is 0 Å². The molecule has 2 N–H and O–H groups in total. The molecule has 0 saturated heterocycles. The number of rotatable bonds is 4. The highest BCUT2D eigenvalue weighted by atomic mass is 16.5. The highest BCUT2D eigenvalue weighted by Crippen LogP contribution is 2.30. The van der Waals surface area contributed by atoms with Crippen molar-refractivity contribution in [2.24, 2.45) is 0 Å². The maximum Gasteiger partial charge on any atom is 0.265 e. The quantitative estimate of drug-likeness (QED) is 0.908. The van der Waals surface area contributed by atoms with Crippen LogP contribution in [-0.2, 0) is 11.2 Å². The second-order valence-corrected chi connectivity index (χ2v) is 5.90. The van der Waals surface area contributed by atoms with Crippen molar-refractivity contribution in [3.63, 3.8) is 0 Å². The van der Waals surface area contributed by atoms with E-state index >= 15 is 0 Å². The van der Waals surface area contributed by atoms with Crippen LogP contribution in [0.1, 0.15) is 28.4 Å². The van der Waals surface area contributed by atoms with Gasteiger partial charge in [-0.3, -0.25) is 9.59 Å². The van der Waals surface area contributed by atoms with Crippen molar-refractivity contribution >= 4 is 17.5 Å². The maximum atomic E-state index is 12.2. The Hall–Kier alpha value is -2.82. The molecule has 124 valence electrons. The van der Waals surface area contributed by atoms with E-state index in [1.807, 2.05) is 49.4 Å². The molecular formula is C19H20N2O3. The van der Waals surface area contributed by atoms with Crippen molar-refractivity contribution in [3.8, 4) is 5.75 Å². The van der Waals surface area contributed by atoms with Gasteiger partial charge in [0.25, 0.3) is 11.8 Å². The first-order chi connectivity index (χ1) is 11.5. The molecule has 1 aliphatic heterocycles. The van der Waals surface area contributed by atoms with Crippen molar-refractivity contribution < 1.29 is 14.3 Å². The van der Waals surface area contributed by atoms with Gasteiger partial charge in [-0.2, -0.15) is 0 Å². The molecule has 0 radical (unpaired) electrons. The van der Waals surface area contributed by atoms with Crippen LogP contribution in [0.25, 0.3) is 0 Å². The summed E-state index contributed by atoms with van der Waals surface area (Å²) < 4.78 is 5.53. The van der Waals surface area contributed by atoms with E-state index in [0.717, 1.165) is 11.1 Å². The monoisotopic (exact) mass is 324 g/mol. The highest BCUT2D eigenvalue weighted by Gasteiger charge is 2.23. The fourth-order valence-electron chi connectivity index (χ4n) is 2.65. The summed E-state index contributed by atoms with van der Waals surface area (Å²) in [5, 5.41) is 5.76. The van der Waals surface area contributed by atoms with Crippen LogP contribution < -0.4 is 15.4 Å². The van der Waals surface area contributed by atoms with Gasteiger partial charge >= 0.3 is 0 Å². The first-order valence-electron chi connectivity index (χ1n) is 7.99. The van der Waals surface area contributed by atoms with E-state index in [1.165, 1.54) is 0 Å². The fraction of sp³-hybridized carbons (Fsp3) is 0.263. The zero-order valence-corrected chi connectivity index (χ0v) is 13.8. The number of ether oxygens (including phenoxy) is 1. The van der Waals surface area contributed by atoms with Gasteiger partial charge in [-0.15, -0.1) is 0 Å². The highest BCUT2D eigenvalue weighted by molar-refractivity contribution is 5.97. The minimum Gasteiger partial charge on any atom is -0.479 e. The first-order valence-corrected chi connectivity index (χ1v) is 7.99. The molecule has 1 atom stereocenters. The predicted molar refractivity (Wildman–Crippen MR) is 92.4 cm³/mol. The summed E-state index contributed by atoms with van der Waals surface area (Å²) in [7, 11) is 0. The molecule has 0 bridgehead atoms. The summed E-state index contributed by atoms with van der Waals surface area (Å²) in [6, 6.07) is 13.2. The number of carbonyl (C=O) groups excluding carboxylic acids is 2. The van der Waals surface area contributed by atoms with Crippen LogP contribution in [0.15, 0.2) is 42.5 Å². The molecule has 0 spiro atoms. The normalized spacial score (nSPS) is 15.9. The molecule has 3 rings (SSSR count). The molecule has 2 aromatic carbocycles. The molecular weight excluding hydrogens is 304 g/mol. The molecule has 0 saturated carbocycles. The molecule has 5 nitrogen and oxygen atoms in total. The Morgan fingerprint density at radius 1 is 1.25 bits per heavy atom.